The maximum absolute atomic E-state index is 14.6. The van der Waals surface area contributed by atoms with Crippen LogP contribution in [0.2, 0.25) is 0 Å². The fourth-order valence-corrected chi connectivity index (χ4v) is 3.90. The van der Waals surface area contributed by atoms with Gasteiger partial charge < -0.3 is 10.6 Å². The highest BCUT2D eigenvalue weighted by Gasteiger charge is 2.37. The number of hydrogen-bond acceptors (Lipinski definition) is 7. The molecule has 208 valence electrons. The molecule has 1 aliphatic heterocycles. The van der Waals surface area contributed by atoms with Gasteiger partial charge in [-0.3, -0.25) is 10.2 Å². The van der Waals surface area contributed by atoms with Gasteiger partial charge in [0.2, 0.25) is 0 Å². The number of benzene rings is 2. The van der Waals surface area contributed by atoms with Crippen LogP contribution < -0.4 is 10.6 Å². The SMILES string of the molecule is N=C1C=Nc2c1ncnc2-c1cccnc1Nc1ccc(F)c(NC(=O)c2cc(C(F)(F)F)cc(C(F)(F)F)c2)c1. The minimum absolute atomic E-state index is 0.0871. The molecule has 4 aromatic rings. The number of aromatic nitrogens is 3. The molecule has 0 saturated heterocycles. The lowest BCUT2D eigenvalue weighted by molar-refractivity contribution is -0.143. The molecule has 8 nitrogen and oxygen atoms in total. The van der Waals surface area contributed by atoms with Crippen LogP contribution in [0.15, 0.2) is 66.0 Å². The molecule has 0 bridgehead atoms. The summed E-state index contributed by atoms with van der Waals surface area (Å²) in [5, 5.41) is 12.9. The number of anilines is 3. The summed E-state index contributed by atoms with van der Waals surface area (Å²) in [7, 11) is 0. The number of rotatable bonds is 5. The number of hydrogen-bond donors (Lipinski definition) is 3. The summed E-state index contributed by atoms with van der Waals surface area (Å²) in [6, 6.07) is 6.92. The molecule has 0 fully saturated rings. The van der Waals surface area contributed by atoms with Gasteiger partial charge in [-0.05, 0) is 48.5 Å². The number of carbonyl (C=O) groups is 1. The van der Waals surface area contributed by atoms with E-state index < -0.39 is 46.5 Å². The number of nitrogens with zero attached hydrogens (tertiary/aromatic N) is 4. The normalized spacial score (nSPS) is 12.8. The van der Waals surface area contributed by atoms with Crippen molar-refractivity contribution in [2.45, 2.75) is 12.4 Å². The third-order valence-electron chi connectivity index (χ3n) is 5.79. The molecule has 1 amide bonds. The summed E-state index contributed by atoms with van der Waals surface area (Å²) in [6.45, 7) is 0. The van der Waals surface area contributed by atoms with Crippen molar-refractivity contribution in [1.29, 1.82) is 5.41 Å². The number of carbonyl (C=O) groups excluding carboxylic acids is 1. The van der Waals surface area contributed by atoms with Crippen LogP contribution in [0.4, 0.5) is 53.6 Å². The number of halogens is 7. The Morgan fingerprint density at radius 3 is 2.22 bits per heavy atom. The Hall–Kier alpha value is -5.21. The van der Waals surface area contributed by atoms with Crippen molar-refractivity contribution in [3.63, 3.8) is 0 Å². The van der Waals surface area contributed by atoms with Crippen molar-refractivity contribution >= 4 is 40.7 Å². The van der Waals surface area contributed by atoms with Crippen LogP contribution in [0, 0.1) is 11.2 Å². The number of amides is 1. The summed E-state index contributed by atoms with van der Waals surface area (Å²) < 4.78 is 93.8. The first kappa shape index (κ1) is 27.4. The van der Waals surface area contributed by atoms with E-state index in [9.17, 15) is 35.5 Å². The second-order valence-electron chi connectivity index (χ2n) is 8.56. The number of nitrogens with one attached hydrogen (secondary N) is 3. The average Bonchev–Trinajstić information content (AvgIpc) is 3.30. The molecular formula is C26H14F7N7O. The monoisotopic (exact) mass is 573 g/mol. The highest BCUT2D eigenvalue weighted by molar-refractivity contribution is 6.41. The van der Waals surface area contributed by atoms with Crippen LogP contribution in [0.25, 0.3) is 11.3 Å². The van der Waals surface area contributed by atoms with Crippen LogP contribution >= 0.6 is 0 Å². The van der Waals surface area contributed by atoms with Crippen molar-refractivity contribution in [1.82, 2.24) is 15.0 Å². The molecule has 3 heterocycles. The van der Waals surface area contributed by atoms with Crippen molar-refractivity contribution < 1.29 is 35.5 Å². The lowest BCUT2D eigenvalue weighted by Gasteiger charge is -2.15. The van der Waals surface area contributed by atoms with Crippen LogP contribution in [-0.2, 0) is 12.4 Å². The molecule has 41 heavy (non-hydrogen) atoms. The van der Waals surface area contributed by atoms with Crippen molar-refractivity contribution in [2.24, 2.45) is 4.99 Å². The molecule has 0 radical (unpaired) electrons. The van der Waals surface area contributed by atoms with E-state index in [0.29, 0.717) is 22.6 Å². The Labute approximate surface area is 225 Å². The van der Waals surface area contributed by atoms with Gasteiger partial charge in [0.1, 0.15) is 40.7 Å². The molecule has 0 saturated carbocycles. The van der Waals surface area contributed by atoms with Crippen LogP contribution in [0.5, 0.6) is 0 Å². The third-order valence-corrected chi connectivity index (χ3v) is 5.79. The first-order valence-electron chi connectivity index (χ1n) is 11.4. The van der Waals surface area contributed by atoms with Crippen molar-refractivity contribution in [2.75, 3.05) is 10.6 Å². The minimum Gasteiger partial charge on any atom is -0.340 e. The van der Waals surface area contributed by atoms with E-state index in [1.807, 2.05) is 5.32 Å². The summed E-state index contributed by atoms with van der Waals surface area (Å²) in [5.41, 5.74) is -3.22. The van der Waals surface area contributed by atoms with E-state index in [2.05, 4.69) is 25.3 Å². The molecule has 3 N–H and O–H groups in total. The summed E-state index contributed by atoms with van der Waals surface area (Å²) in [5.74, 6) is -2.19. The van der Waals surface area contributed by atoms with Gasteiger partial charge in [-0.1, -0.05) is 0 Å². The Kier molecular flexibility index (Phi) is 6.72. The number of fused-ring (bicyclic) bond motifs is 1. The zero-order valence-electron chi connectivity index (χ0n) is 20.2. The summed E-state index contributed by atoms with van der Waals surface area (Å²) >= 11 is 0. The average molecular weight is 573 g/mol. The first-order chi connectivity index (χ1) is 19.3. The molecule has 0 unspecified atom stereocenters. The van der Waals surface area contributed by atoms with Gasteiger partial charge in [0.15, 0.2) is 0 Å². The standard InChI is InChI=1S/C26H14F7N7O/c27-17-4-3-15(39-23-16(2-1-5-35-23)20-22-21(38-11-37-20)18(34)10-36-22)9-19(17)40-24(41)12-6-13(25(28,29)30)8-14(7-12)26(31,32)33/h1-11,34H,(H,35,39)(H,40,41). The molecular weight excluding hydrogens is 559 g/mol. The number of pyridine rings is 1. The van der Waals surface area contributed by atoms with Gasteiger partial charge >= 0.3 is 12.4 Å². The largest absolute Gasteiger partial charge is 0.416 e. The van der Waals surface area contributed by atoms with Gasteiger partial charge in [-0.2, -0.15) is 26.3 Å². The lowest BCUT2D eigenvalue weighted by atomic mass is 10.0. The molecule has 0 aliphatic carbocycles. The Balaban J connectivity index is 1.45. The predicted octanol–water partition coefficient (Wildman–Crippen LogP) is 6.79. The zero-order chi connectivity index (χ0) is 29.5. The number of aliphatic imine (C=N–C) groups is 1. The van der Waals surface area contributed by atoms with Crippen LogP contribution in [-0.4, -0.2) is 32.8 Å². The molecule has 2 aromatic heterocycles. The molecule has 5 rings (SSSR count). The zero-order valence-corrected chi connectivity index (χ0v) is 20.2. The molecule has 2 aromatic carbocycles. The molecule has 15 heteroatoms. The minimum atomic E-state index is -5.17. The highest BCUT2D eigenvalue weighted by Crippen LogP contribution is 2.38. The van der Waals surface area contributed by atoms with Gasteiger partial charge in [0.05, 0.1) is 23.0 Å². The quantitative estimate of drug-likeness (QED) is 0.227. The Morgan fingerprint density at radius 2 is 1.54 bits per heavy atom. The molecule has 1 aliphatic rings. The van der Waals surface area contributed by atoms with Gasteiger partial charge in [-0.15, -0.1) is 0 Å². The number of alkyl halides is 6. The molecule has 0 spiro atoms. The van der Waals surface area contributed by atoms with Crippen molar-refractivity contribution in [3.05, 3.63) is 89.3 Å². The third kappa shape index (κ3) is 5.59. The van der Waals surface area contributed by atoms with E-state index >= 15 is 0 Å². The fraction of sp³-hybridized carbons (Fsp3) is 0.0769. The predicted molar refractivity (Wildman–Crippen MR) is 134 cm³/mol. The van der Waals surface area contributed by atoms with E-state index in [1.54, 1.807) is 12.1 Å². The van der Waals surface area contributed by atoms with E-state index in [4.69, 9.17) is 5.41 Å². The summed E-state index contributed by atoms with van der Waals surface area (Å²) in [6.07, 6.45) is -6.33. The van der Waals surface area contributed by atoms with E-state index in [1.165, 1.54) is 24.8 Å². The van der Waals surface area contributed by atoms with Crippen LogP contribution in [0.1, 0.15) is 27.2 Å². The molecule has 0 atom stereocenters. The second kappa shape index (κ2) is 10.1. The first-order valence-corrected chi connectivity index (χ1v) is 11.4. The second-order valence-corrected chi connectivity index (χ2v) is 8.56. The van der Waals surface area contributed by atoms with Gasteiger partial charge in [-0.25, -0.2) is 24.3 Å². The van der Waals surface area contributed by atoms with Gasteiger partial charge in [0.25, 0.3) is 5.91 Å². The fourth-order valence-electron chi connectivity index (χ4n) is 3.90. The highest BCUT2D eigenvalue weighted by atomic mass is 19.4. The summed E-state index contributed by atoms with van der Waals surface area (Å²) in [4.78, 5) is 29.4. The topological polar surface area (TPSA) is 116 Å². The van der Waals surface area contributed by atoms with E-state index in [-0.39, 0.29) is 35.4 Å². The lowest BCUT2D eigenvalue weighted by Crippen LogP contribution is -2.17. The van der Waals surface area contributed by atoms with Crippen LogP contribution in [0.3, 0.4) is 0 Å². The maximum Gasteiger partial charge on any atom is 0.416 e. The van der Waals surface area contributed by atoms with Gasteiger partial charge in [0, 0.05) is 23.0 Å². The Bertz CT molecular complexity index is 1700. The smallest absolute Gasteiger partial charge is 0.340 e. The maximum atomic E-state index is 14.6. The van der Waals surface area contributed by atoms with E-state index in [0.717, 1.165) is 12.1 Å². The van der Waals surface area contributed by atoms with Crippen molar-refractivity contribution in [3.8, 4) is 11.3 Å². The Morgan fingerprint density at radius 1 is 0.854 bits per heavy atom.